The van der Waals surface area contributed by atoms with Crippen LogP contribution in [0.15, 0.2) is 42.5 Å². The average molecular weight is 355 g/mol. The number of ether oxygens (including phenoxy) is 1. The van der Waals surface area contributed by atoms with E-state index in [0.29, 0.717) is 18.8 Å². The van der Waals surface area contributed by atoms with E-state index in [1.807, 2.05) is 66.4 Å². The van der Waals surface area contributed by atoms with E-state index < -0.39 is 6.10 Å². The van der Waals surface area contributed by atoms with Gasteiger partial charge in [0.15, 0.2) is 17.7 Å². The Kier molecular flexibility index (Phi) is 5.55. The molecule has 0 radical (unpaired) electrons. The third kappa shape index (κ3) is 4.22. The molecule has 1 aromatic heterocycles. The highest BCUT2D eigenvalue weighted by Gasteiger charge is 2.26. The van der Waals surface area contributed by atoms with Gasteiger partial charge in [-0.3, -0.25) is 4.79 Å². The van der Waals surface area contributed by atoms with Crippen LogP contribution in [0.4, 0.5) is 11.6 Å². The quantitative estimate of drug-likeness (QED) is 0.813. The summed E-state index contributed by atoms with van der Waals surface area (Å²) in [6, 6.07) is 13.4. The first kappa shape index (κ1) is 18.0. The zero-order chi connectivity index (χ0) is 18.5. The normalized spacial score (nSPS) is 15.5. The number of carbonyl (C=O) groups excluding carboxylic acids is 1. The number of benzene rings is 1. The van der Waals surface area contributed by atoms with Crippen LogP contribution < -0.4 is 14.5 Å². The van der Waals surface area contributed by atoms with Gasteiger partial charge in [-0.05, 0) is 31.2 Å². The molecule has 2 aromatic rings. The Balaban J connectivity index is 1.53. The lowest BCUT2D eigenvalue weighted by molar-refractivity contribution is -0.138. The Bertz CT molecular complexity index is 712. The van der Waals surface area contributed by atoms with Crippen molar-refractivity contribution < 1.29 is 9.53 Å². The topological polar surface area (TPSA) is 61.8 Å². The molecule has 1 aromatic carbocycles. The van der Waals surface area contributed by atoms with Gasteiger partial charge in [0.05, 0.1) is 0 Å². The summed E-state index contributed by atoms with van der Waals surface area (Å²) in [5, 5.41) is 8.51. The van der Waals surface area contributed by atoms with Gasteiger partial charge in [0.1, 0.15) is 5.75 Å². The second-order valence-electron chi connectivity index (χ2n) is 6.53. The summed E-state index contributed by atoms with van der Waals surface area (Å²) in [7, 11) is 3.87. The number of piperazine rings is 1. The van der Waals surface area contributed by atoms with E-state index in [4.69, 9.17) is 4.74 Å². The van der Waals surface area contributed by atoms with Crippen molar-refractivity contribution in [2.45, 2.75) is 13.0 Å². The van der Waals surface area contributed by atoms with E-state index in [0.717, 1.165) is 24.7 Å². The number of anilines is 2. The van der Waals surface area contributed by atoms with Crippen LogP contribution in [0.1, 0.15) is 6.92 Å². The SMILES string of the molecule is CC(Oc1ccccc1)C(=O)N1CCN(c2ccc(N(C)C)nn2)CC1. The summed E-state index contributed by atoms with van der Waals surface area (Å²) in [4.78, 5) is 18.5. The number of rotatable bonds is 5. The number of para-hydroxylation sites is 1. The van der Waals surface area contributed by atoms with Crippen LogP contribution in [0, 0.1) is 0 Å². The van der Waals surface area contributed by atoms with Gasteiger partial charge in [0.2, 0.25) is 0 Å². The Morgan fingerprint density at radius 1 is 1.04 bits per heavy atom. The highest BCUT2D eigenvalue weighted by Crippen LogP contribution is 2.17. The second-order valence-corrected chi connectivity index (χ2v) is 6.53. The fourth-order valence-corrected chi connectivity index (χ4v) is 2.89. The first-order chi connectivity index (χ1) is 12.5. The van der Waals surface area contributed by atoms with E-state index in [9.17, 15) is 4.79 Å². The molecule has 0 bridgehead atoms. The highest BCUT2D eigenvalue weighted by atomic mass is 16.5. The second kappa shape index (κ2) is 8.03. The van der Waals surface area contributed by atoms with Crippen LogP contribution in [0.2, 0.25) is 0 Å². The Labute approximate surface area is 154 Å². The van der Waals surface area contributed by atoms with Crippen molar-refractivity contribution in [3.63, 3.8) is 0 Å². The van der Waals surface area contributed by atoms with Crippen molar-refractivity contribution in [3.8, 4) is 5.75 Å². The van der Waals surface area contributed by atoms with Crippen LogP contribution in [-0.2, 0) is 4.79 Å². The summed E-state index contributed by atoms with van der Waals surface area (Å²) >= 11 is 0. The molecule has 2 heterocycles. The minimum atomic E-state index is -0.497. The lowest BCUT2D eigenvalue weighted by Crippen LogP contribution is -2.52. The van der Waals surface area contributed by atoms with Gasteiger partial charge in [-0.25, -0.2) is 0 Å². The van der Waals surface area contributed by atoms with E-state index >= 15 is 0 Å². The predicted octanol–water partition coefficient (Wildman–Crippen LogP) is 1.66. The summed E-state index contributed by atoms with van der Waals surface area (Å²) < 4.78 is 5.74. The van der Waals surface area contributed by atoms with Crippen LogP contribution in [-0.4, -0.2) is 67.4 Å². The van der Waals surface area contributed by atoms with Gasteiger partial charge in [-0.15, -0.1) is 10.2 Å². The van der Waals surface area contributed by atoms with Crippen LogP contribution in [0.5, 0.6) is 5.75 Å². The molecular weight excluding hydrogens is 330 g/mol. The van der Waals surface area contributed by atoms with E-state index in [1.165, 1.54) is 0 Å². The lowest BCUT2D eigenvalue weighted by Gasteiger charge is -2.36. The van der Waals surface area contributed by atoms with Crippen molar-refractivity contribution in [2.24, 2.45) is 0 Å². The monoisotopic (exact) mass is 355 g/mol. The molecule has 0 N–H and O–H groups in total. The maximum Gasteiger partial charge on any atom is 0.263 e. The molecular formula is C19H25N5O2. The van der Waals surface area contributed by atoms with Gasteiger partial charge >= 0.3 is 0 Å². The third-order valence-corrected chi connectivity index (χ3v) is 4.41. The van der Waals surface area contributed by atoms with Crippen molar-refractivity contribution in [2.75, 3.05) is 50.1 Å². The Hall–Kier alpha value is -2.83. The number of hydrogen-bond donors (Lipinski definition) is 0. The molecule has 26 heavy (non-hydrogen) atoms. The molecule has 7 heteroatoms. The number of hydrogen-bond acceptors (Lipinski definition) is 6. The van der Waals surface area contributed by atoms with Crippen molar-refractivity contribution in [3.05, 3.63) is 42.5 Å². The molecule has 1 amide bonds. The first-order valence-corrected chi connectivity index (χ1v) is 8.81. The van der Waals surface area contributed by atoms with Crippen molar-refractivity contribution in [1.29, 1.82) is 0 Å². The molecule has 138 valence electrons. The fraction of sp³-hybridized carbons (Fsp3) is 0.421. The lowest BCUT2D eigenvalue weighted by atomic mass is 10.2. The smallest absolute Gasteiger partial charge is 0.263 e. The van der Waals surface area contributed by atoms with Gasteiger partial charge in [0, 0.05) is 40.3 Å². The van der Waals surface area contributed by atoms with Gasteiger partial charge in [0.25, 0.3) is 5.91 Å². The summed E-state index contributed by atoms with van der Waals surface area (Å²) in [6.07, 6.45) is -0.497. The molecule has 1 atom stereocenters. The number of nitrogens with zero attached hydrogens (tertiary/aromatic N) is 5. The Morgan fingerprint density at radius 2 is 1.73 bits per heavy atom. The summed E-state index contributed by atoms with van der Waals surface area (Å²) in [5.74, 6) is 2.40. The minimum Gasteiger partial charge on any atom is -0.481 e. The number of aromatic nitrogens is 2. The van der Waals surface area contributed by atoms with Crippen LogP contribution in [0.25, 0.3) is 0 Å². The molecule has 1 unspecified atom stereocenters. The maximum absolute atomic E-state index is 12.6. The first-order valence-electron chi connectivity index (χ1n) is 8.81. The molecule has 0 aliphatic carbocycles. The van der Waals surface area contributed by atoms with E-state index in [1.54, 1.807) is 6.92 Å². The molecule has 1 aliphatic heterocycles. The van der Waals surface area contributed by atoms with E-state index in [2.05, 4.69) is 15.1 Å². The highest BCUT2D eigenvalue weighted by molar-refractivity contribution is 5.81. The molecule has 0 spiro atoms. The number of carbonyl (C=O) groups is 1. The third-order valence-electron chi connectivity index (χ3n) is 4.41. The zero-order valence-corrected chi connectivity index (χ0v) is 15.5. The molecule has 0 saturated carbocycles. The summed E-state index contributed by atoms with van der Waals surface area (Å²) in [6.45, 7) is 4.57. The van der Waals surface area contributed by atoms with Crippen molar-refractivity contribution in [1.82, 2.24) is 15.1 Å². The number of amides is 1. The van der Waals surface area contributed by atoms with Gasteiger partial charge in [-0.1, -0.05) is 18.2 Å². The molecule has 1 saturated heterocycles. The zero-order valence-electron chi connectivity index (χ0n) is 15.5. The molecule has 1 fully saturated rings. The largest absolute Gasteiger partial charge is 0.481 e. The summed E-state index contributed by atoms with van der Waals surface area (Å²) in [5.41, 5.74) is 0. The molecule has 3 rings (SSSR count). The maximum atomic E-state index is 12.6. The van der Waals surface area contributed by atoms with Gasteiger partial charge in [-0.2, -0.15) is 0 Å². The fourth-order valence-electron chi connectivity index (χ4n) is 2.89. The Morgan fingerprint density at radius 3 is 2.31 bits per heavy atom. The average Bonchev–Trinajstić information content (AvgIpc) is 2.68. The van der Waals surface area contributed by atoms with Crippen LogP contribution in [0.3, 0.4) is 0 Å². The van der Waals surface area contributed by atoms with Crippen LogP contribution >= 0.6 is 0 Å². The van der Waals surface area contributed by atoms with Gasteiger partial charge < -0.3 is 19.4 Å². The molecule has 7 nitrogen and oxygen atoms in total. The minimum absolute atomic E-state index is 0.0162. The van der Waals surface area contributed by atoms with Crippen molar-refractivity contribution >= 4 is 17.5 Å². The molecule has 1 aliphatic rings. The standard InChI is InChI=1S/C19H25N5O2/c1-15(26-16-7-5-4-6-8-16)19(25)24-13-11-23(12-14-24)18-10-9-17(20-21-18)22(2)3/h4-10,15H,11-14H2,1-3H3. The predicted molar refractivity (Wildman–Crippen MR) is 102 cm³/mol. The van der Waals surface area contributed by atoms with E-state index in [-0.39, 0.29) is 5.91 Å².